The Labute approximate surface area is 127 Å². The molecule has 21 heavy (non-hydrogen) atoms. The number of rotatable bonds is 3. The highest BCUT2D eigenvalue weighted by Gasteiger charge is 2.65. The van der Waals surface area contributed by atoms with Gasteiger partial charge in [0.15, 0.2) is 0 Å². The first kappa shape index (κ1) is 15.6. The zero-order valence-electron chi connectivity index (χ0n) is 12.4. The lowest BCUT2D eigenvalue weighted by Gasteiger charge is -2.10. The van der Waals surface area contributed by atoms with Crippen molar-refractivity contribution in [3.63, 3.8) is 0 Å². The molecule has 0 bridgehead atoms. The fourth-order valence-electron chi connectivity index (χ4n) is 2.66. The van der Waals surface area contributed by atoms with Gasteiger partial charge >= 0.3 is 0 Å². The van der Waals surface area contributed by atoms with Crippen molar-refractivity contribution >= 4 is 28.9 Å². The van der Waals surface area contributed by atoms with E-state index in [1.165, 1.54) is 0 Å². The Balaban J connectivity index is 2.31. The van der Waals surface area contributed by atoms with E-state index in [2.05, 4.69) is 33.0 Å². The third kappa shape index (κ3) is 2.33. The number of non-ortho nitro benzene ring substituents is 1. The number of nitrogen functional groups attached to an aromatic ring is 1. The van der Waals surface area contributed by atoms with Crippen molar-refractivity contribution in [2.45, 2.75) is 33.7 Å². The van der Waals surface area contributed by atoms with Crippen LogP contribution in [0.25, 0.3) is 0 Å². The van der Waals surface area contributed by atoms with Crippen LogP contribution in [0.15, 0.2) is 12.1 Å². The molecule has 0 unspecified atom stereocenters. The molecule has 1 aliphatic rings. The number of anilines is 1. The molecule has 0 aliphatic heterocycles. The molecular weight excluding hydrogens is 294 g/mol. The molecule has 114 valence electrons. The molecule has 6 nitrogen and oxygen atoms in total. The van der Waals surface area contributed by atoms with Gasteiger partial charge in [0.1, 0.15) is 0 Å². The summed E-state index contributed by atoms with van der Waals surface area (Å²) in [6, 6.07) is 2.27. The van der Waals surface area contributed by atoms with Crippen molar-refractivity contribution in [1.29, 1.82) is 0 Å². The molecule has 0 atom stereocenters. The molecule has 0 aromatic heterocycles. The molecular formula is C14H18ClN3O3. The highest BCUT2D eigenvalue weighted by molar-refractivity contribution is 6.34. The minimum Gasteiger partial charge on any atom is -0.397 e. The average Bonchev–Trinajstić information content (AvgIpc) is 2.74. The van der Waals surface area contributed by atoms with Crippen LogP contribution < -0.4 is 11.1 Å². The van der Waals surface area contributed by atoms with E-state index in [1.807, 2.05) is 0 Å². The maximum Gasteiger partial charge on any atom is 0.271 e. The van der Waals surface area contributed by atoms with Crippen molar-refractivity contribution in [3.05, 3.63) is 32.8 Å². The van der Waals surface area contributed by atoms with Gasteiger partial charge in [-0.15, -0.1) is 0 Å². The number of halogens is 1. The van der Waals surface area contributed by atoms with Crippen molar-refractivity contribution in [2.75, 3.05) is 5.73 Å². The van der Waals surface area contributed by atoms with Crippen LogP contribution in [-0.2, 0) is 0 Å². The zero-order chi connectivity index (χ0) is 16.2. The van der Waals surface area contributed by atoms with E-state index in [0.29, 0.717) is 0 Å². The van der Waals surface area contributed by atoms with Gasteiger partial charge in [0, 0.05) is 18.2 Å². The molecule has 0 saturated heterocycles. The summed E-state index contributed by atoms with van der Waals surface area (Å²) in [5.41, 5.74) is 5.52. The lowest BCUT2D eigenvalue weighted by molar-refractivity contribution is -0.384. The standard InChI is InChI=1S/C14H18ClN3O3/c1-13(2)12(14(13,3)4)17-11(19)8-5-7(18(20)21)6-9(15)10(8)16/h5-6,12H,16H2,1-4H3,(H,17,19). The van der Waals surface area contributed by atoms with E-state index in [4.69, 9.17) is 17.3 Å². The first-order chi connectivity index (χ1) is 9.50. The lowest BCUT2D eigenvalue weighted by Crippen LogP contribution is -2.30. The number of carbonyl (C=O) groups excluding carboxylic acids is 1. The summed E-state index contributed by atoms with van der Waals surface area (Å²) in [5, 5.41) is 13.7. The van der Waals surface area contributed by atoms with Gasteiger partial charge in [0.05, 0.1) is 21.2 Å². The summed E-state index contributed by atoms with van der Waals surface area (Å²) in [6.07, 6.45) is 0. The van der Waals surface area contributed by atoms with E-state index in [0.717, 1.165) is 12.1 Å². The Kier molecular flexibility index (Phi) is 3.40. The fraction of sp³-hybridized carbons (Fsp3) is 0.500. The summed E-state index contributed by atoms with van der Waals surface area (Å²) in [7, 11) is 0. The number of nitro benzene ring substituents is 1. The Morgan fingerprint density at radius 3 is 2.29 bits per heavy atom. The van der Waals surface area contributed by atoms with Gasteiger partial charge in [0.25, 0.3) is 11.6 Å². The van der Waals surface area contributed by atoms with Crippen LogP contribution in [0.5, 0.6) is 0 Å². The Morgan fingerprint density at radius 2 is 1.86 bits per heavy atom. The molecule has 2 rings (SSSR count). The average molecular weight is 312 g/mol. The molecule has 1 fully saturated rings. The number of carbonyl (C=O) groups is 1. The number of hydrogen-bond donors (Lipinski definition) is 2. The molecule has 1 aromatic carbocycles. The number of hydrogen-bond acceptors (Lipinski definition) is 4. The largest absolute Gasteiger partial charge is 0.397 e. The monoisotopic (exact) mass is 311 g/mol. The Bertz CT molecular complexity index is 627. The lowest BCUT2D eigenvalue weighted by atomic mass is 10.0. The van der Waals surface area contributed by atoms with E-state index in [-0.39, 0.29) is 38.8 Å². The first-order valence-electron chi connectivity index (χ1n) is 6.54. The van der Waals surface area contributed by atoms with Gasteiger partial charge in [-0.1, -0.05) is 39.3 Å². The molecule has 1 aromatic rings. The second-order valence-electron chi connectivity index (χ2n) is 6.50. The van der Waals surface area contributed by atoms with Crippen LogP contribution in [0.4, 0.5) is 11.4 Å². The highest BCUT2D eigenvalue weighted by Crippen LogP contribution is 2.62. The molecule has 0 heterocycles. The van der Waals surface area contributed by atoms with Gasteiger partial charge in [-0.3, -0.25) is 14.9 Å². The van der Waals surface area contributed by atoms with E-state index in [9.17, 15) is 14.9 Å². The predicted molar refractivity (Wildman–Crippen MR) is 81.3 cm³/mol. The summed E-state index contributed by atoms with van der Waals surface area (Å²) >= 11 is 5.86. The van der Waals surface area contributed by atoms with Crippen LogP contribution in [0.2, 0.25) is 5.02 Å². The number of nitrogens with zero attached hydrogens (tertiary/aromatic N) is 1. The first-order valence-corrected chi connectivity index (χ1v) is 6.92. The number of amides is 1. The van der Waals surface area contributed by atoms with E-state index in [1.54, 1.807) is 0 Å². The molecule has 3 N–H and O–H groups in total. The van der Waals surface area contributed by atoms with Crippen molar-refractivity contribution in [2.24, 2.45) is 10.8 Å². The molecule has 1 saturated carbocycles. The third-order valence-electron chi connectivity index (χ3n) is 4.87. The van der Waals surface area contributed by atoms with Crippen LogP contribution in [0, 0.1) is 20.9 Å². The fourth-order valence-corrected chi connectivity index (χ4v) is 2.88. The SMILES string of the molecule is CC1(C)C(NC(=O)c2cc([N+](=O)[O-])cc(Cl)c2N)C1(C)C. The maximum absolute atomic E-state index is 12.3. The van der Waals surface area contributed by atoms with Crippen LogP contribution in [-0.4, -0.2) is 16.9 Å². The zero-order valence-corrected chi connectivity index (χ0v) is 13.1. The third-order valence-corrected chi connectivity index (χ3v) is 5.18. The summed E-state index contributed by atoms with van der Waals surface area (Å²) in [4.78, 5) is 22.6. The minimum atomic E-state index is -0.604. The number of nitrogens with one attached hydrogen (secondary N) is 1. The summed E-state index contributed by atoms with van der Waals surface area (Å²) < 4.78 is 0. The van der Waals surface area contributed by atoms with Gasteiger partial charge in [-0.2, -0.15) is 0 Å². The number of benzene rings is 1. The van der Waals surface area contributed by atoms with Crippen LogP contribution >= 0.6 is 11.6 Å². The van der Waals surface area contributed by atoms with Crippen molar-refractivity contribution < 1.29 is 9.72 Å². The molecule has 0 radical (unpaired) electrons. The minimum absolute atomic E-state index is 0.00340. The summed E-state index contributed by atoms with van der Waals surface area (Å²) in [6.45, 7) is 8.23. The molecule has 0 spiro atoms. The molecule has 1 aliphatic carbocycles. The highest BCUT2D eigenvalue weighted by atomic mass is 35.5. The van der Waals surface area contributed by atoms with Gasteiger partial charge in [-0.25, -0.2) is 0 Å². The Hall–Kier alpha value is -1.82. The van der Waals surface area contributed by atoms with E-state index >= 15 is 0 Å². The van der Waals surface area contributed by atoms with Gasteiger partial charge in [0.2, 0.25) is 0 Å². The molecule has 7 heteroatoms. The smallest absolute Gasteiger partial charge is 0.271 e. The van der Waals surface area contributed by atoms with E-state index < -0.39 is 10.8 Å². The number of nitro groups is 1. The van der Waals surface area contributed by atoms with Gasteiger partial charge in [-0.05, 0) is 10.8 Å². The normalized spacial score (nSPS) is 19.1. The van der Waals surface area contributed by atoms with Crippen molar-refractivity contribution in [1.82, 2.24) is 5.32 Å². The quantitative estimate of drug-likeness (QED) is 0.509. The molecule has 1 amide bonds. The maximum atomic E-state index is 12.3. The van der Waals surface area contributed by atoms with Gasteiger partial charge < -0.3 is 11.1 Å². The Morgan fingerprint density at radius 1 is 1.33 bits per heavy atom. The number of nitrogens with two attached hydrogens (primary N) is 1. The van der Waals surface area contributed by atoms with Crippen LogP contribution in [0.1, 0.15) is 38.1 Å². The topological polar surface area (TPSA) is 98.3 Å². The summed E-state index contributed by atoms with van der Waals surface area (Å²) in [5.74, 6) is -0.443. The van der Waals surface area contributed by atoms with Crippen LogP contribution in [0.3, 0.4) is 0 Å². The second-order valence-corrected chi connectivity index (χ2v) is 6.90. The predicted octanol–water partition coefficient (Wildman–Crippen LogP) is 2.99. The van der Waals surface area contributed by atoms with Crippen molar-refractivity contribution in [3.8, 4) is 0 Å². The second kappa shape index (κ2) is 4.59.